The fraction of sp³-hybridized carbons (Fsp3) is 0.526. The molecule has 1 N–H and O–H groups in total. The molecular formula is C19H27N5O2S. The van der Waals surface area contributed by atoms with Crippen LogP contribution < -0.4 is 10.6 Å². The zero-order valence-corrected chi connectivity index (χ0v) is 16.7. The summed E-state index contributed by atoms with van der Waals surface area (Å²) in [6, 6.07) is 10.3. The van der Waals surface area contributed by atoms with E-state index in [2.05, 4.69) is 34.2 Å². The normalized spacial score (nSPS) is 15.8. The summed E-state index contributed by atoms with van der Waals surface area (Å²) in [6.45, 7) is 7.68. The largest absolute Gasteiger partial charge is 0.368 e. The number of carbonyl (C=O) groups excluding carboxylic acids is 1. The summed E-state index contributed by atoms with van der Waals surface area (Å²) in [5, 5.41) is 6.92. The number of aromatic amines is 1. The highest BCUT2D eigenvalue weighted by Crippen LogP contribution is 2.23. The Labute approximate surface area is 163 Å². The lowest BCUT2D eigenvalue weighted by molar-refractivity contribution is -0.130. The topological polar surface area (TPSA) is 74.2 Å². The Morgan fingerprint density at radius 3 is 2.59 bits per heavy atom. The summed E-state index contributed by atoms with van der Waals surface area (Å²) in [5.41, 5.74) is 0.991. The van der Waals surface area contributed by atoms with E-state index in [0.29, 0.717) is 24.8 Å². The second-order valence-electron chi connectivity index (χ2n) is 6.72. The number of H-pyrrole nitrogens is 1. The Kier molecular flexibility index (Phi) is 6.60. The molecule has 1 saturated heterocycles. The molecule has 1 aliphatic heterocycles. The highest BCUT2D eigenvalue weighted by Gasteiger charge is 2.27. The summed E-state index contributed by atoms with van der Waals surface area (Å²) < 4.78 is 1.63. The van der Waals surface area contributed by atoms with Crippen molar-refractivity contribution in [3.05, 3.63) is 40.8 Å². The van der Waals surface area contributed by atoms with E-state index < -0.39 is 0 Å². The second-order valence-corrected chi connectivity index (χ2v) is 8.03. The quantitative estimate of drug-likeness (QED) is 0.735. The standard InChI is InChI=1S/C19H27N5O2S/c1-3-4-10-24-18(26)20-21-19(24)27-15(2)17(25)23-13-11-22(12-14-23)16-8-6-5-7-9-16/h5-9,15H,3-4,10-14H2,1-2H3,(H,20,26)/t15-/m0/s1. The number of nitrogens with one attached hydrogen (secondary N) is 1. The van der Waals surface area contributed by atoms with Crippen LogP contribution in [0.5, 0.6) is 0 Å². The van der Waals surface area contributed by atoms with Gasteiger partial charge in [0, 0.05) is 38.4 Å². The number of unbranched alkanes of at least 4 members (excludes halogenated alkanes) is 1. The van der Waals surface area contributed by atoms with Crippen LogP contribution in [-0.4, -0.2) is 57.0 Å². The average Bonchev–Trinajstić information content (AvgIpc) is 3.05. The molecule has 1 fully saturated rings. The number of para-hydroxylation sites is 1. The number of hydrogen-bond acceptors (Lipinski definition) is 5. The van der Waals surface area contributed by atoms with Crippen molar-refractivity contribution < 1.29 is 4.79 Å². The van der Waals surface area contributed by atoms with Gasteiger partial charge in [0.1, 0.15) is 0 Å². The van der Waals surface area contributed by atoms with Crippen LogP contribution in [0.15, 0.2) is 40.3 Å². The summed E-state index contributed by atoms with van der Waals surface area (Å²) in [5.74, 6) is 0.102. The van der Waals surface area contributed by atoms with Gasteiger partial charge in [0.25, 0.3) is 0 Å². The number of rotatable bonds is 7. The lowest BCUT2D eigenvalue weighted by atomic mass is 10.2. The Hall–Kier alpha value is -2.22. The van der Waals surface area contributed by atoms with Crippen molar-refractivity contribution in [2.24, 2.45) is 0 Å². The van der Waals surface area contributed by atoms with Gasteiger partial charge in [-0.3, -0.25) is 9.36 Å². The van der Waals surface area contributed by atoms with Crippen LogP contribution in [0.1, 0.15) is 26.7 Å². The van der Waals surface area contributed by atoms with Crippen molar-refractivity contribution in [2.45, 2.75) is 43.6 Å². The van der Waals surface area contributed by atoms with Crippen LogP contribution in [-0.2, 0) is 11.3 Å². The summed E-state index contributed by atoms with van der Waals surface area (Å²) in [6.07, 6.45) is 1.92. The molecule has 0 unspecified atom stereocenters. The van der Waals surface area contributed by atoms with Crippen LogP contribution in [0, 0.1) is 0 Å². The molecule has 0 aliphatic carbocycles. The van der Waals surface area contributed by atoms with Gasteiger partial charge < -0.3 is 9.80 Å². The minimum absolute atomic E-state index is 0.102. The first-order chi connectivity index (χ1) is 13.1. The van der Waals surface area contributed by atoms with Crippen LogP contribution >= 0.6 is 11.8 Å². The molecule has 7 nitrogen and oxygen atoms in total. The molecular weight excluding hydrogens is 362 g/mol. The maximum atomic E-state index is 12.8. The van der Waals surface area contributed by atoms with Gasteiger partial charge in [-0.15, -0.1) is 5.10 Å². The van der Waals surface area contributed by atoms with E-state index in [-0.39, 0.29) is 16.8 Å². The maximum absolute atomic E-state index is 12.8. The number of piperazine rings is 1. The molecule has 1 amide bonds. The van der Waals surface area contributed by atoms with E-state index >= 15 is 0 Å². The van der Waals surface area contributed by atoms with Crippen LogP contribution in [0.2, 0.25) is 0 Å². The van der Waals surface area contributed by atoms with E-state index in [1.165, 1.54) is 17.4 Å². The van der Waals surface area contributed by atoms with Gasteiger partial charge in [0.2, 0.25) is 5.91 Å². The van der Waals surface area contributed by atoms with E-state index in [1.807, 2.05) is 30.0 Å². The predicted molar refractivity (Wildman–Crippen MR) is 108 cm³/mol. The number of thioether (sulfide) groups is 1. The van der Waals surface area contributed by atoms with Gasteiger partial charge in [-0.25, -0.2) is 9.89 Å². The average molecular weight is 390 g/mol. The Morgan fingerprint density at radius 1 is 1.22 bits per heavy atom. The van der Waals surface area contributed by atoms with Gasteiger partial charge in [-0.2, -0.15) is 0 Å². The Bertz CT molecular complexity index is 796. The summed E-state index contributed by atoms with van der Waals surface area (Å²) in [7, 11) is 0. The van der Waals surface area contributed by atoms with Crippen molar-refractivity contribution in [3.63, 3.8) is 0 Å². The molecule has 1 aromatic carbocycles. The zero-order valence-electron chi connectivity index (χ0n) is 15.9. The number of hydrogen-bond donors (Lipinski definition) is 1. The number of carbonyl (C=O) groups is 1. The highest BCUT2D eigenvalue weighted by atomic mass is 32.2. The molecule has 2 aromatic rings. The van der Waals surface area contributed by atoms with Gasteiger partial charge in [0.15, 0.2) is 5.16 Å². The fourth-order valence-electron chi connectivity index (χ4n) is 3.20. The maximum Gasteiger partial charge on any atom is 0.343 e. The van der Waals surface area contributed by atoms with E-state index in [1.54, 1.807) is 4.57 Å². The number of nitrogens with zero attached hydrogens (tertiary/aromatic N) is 4. The molecule has 3 rings (SSSR count). The smallest absolute Gasteiger partial charge is 0.343 e. The molecule has 0 radical (unpaired) electrons. The van der Waals surface area contributed by atoms with Crippen molar-refractivity contribution in [2.75, 3.05) is 31.1 Å². The molecule has 27 heavy (non-hydrogen) atoms. The Balaban J connectivity index is 1.56. The van der Waals surface area contributed by atoms with E-state index in [0.717, 1.165) is 25.9 Å². The zero-order chi connectivity index (χ0) is 19.2. The molecule has 1 aromatic heterocycles. The monoisotopic (exact) mass is 389 g/mol. The predicted octanol–water partition coefficient (Wildman–Crippen LogP) is 2.20. The highest BCUT2D eigenvalue weighted by molar-refractivity contribution is 8.00. The van der Waals surface area contributed by atoms with E-state index in [9.17, 15) is 9.59 Å². The van der Waals surface area contributed by atoms with Gasteiger partial charge in [-0.05, 0) is 25.5 Å². The van der Waals surface area contributed by atoms with Crippen LogP contribution in [0.25, 0.3) is 0 Å². The van der Waals surface area contributed by atoms with Crippen LogP contribution in [0.4, 0.5) is 5.69 Å². The fourth-order valence-corrected chi connectivity index (χ4v) is 4.16. The van der Waals surface area contributed by atoms with E-state index in [4.69, 9.17) is 0 Å². The third kappa shape index (κ3) is 4.74. The number of aromatic nitrogens is 3. The first-order valence-corrected chi connectivity index (χ1v) is 10.4. The van der Waals surface area contributed by atoms with Crippen molar-refractivity contribution in [1.29, 1.82) is 0 Å². The van der Waals surface area contributed by atoms with Gasteiger partial charge in [0.05, 0.1) is 5.25 Å². The number of benzene rings is 1. The molecule has 1 atom stereocenters. The third-order valence-corrected chi connectivity index (χ3v) is 5.88. The second kappa shape index (κ2) is 9.12. The first kappa shape index (κ1) is 19.5. The lowest BCUT2D eigenvalue weighted by Crippen LogP contribution is -2.50. The molecule has 0 saturated carbocycles. The minimum Gasteiger partial charge on any atom is -0.368 e. The number of anilines is 1. The minimum atomic E-state index is -0.274. The van der Waals surface area contributed by atoms with Gasteiger partial charge in [-0.1, -0.05) is 43.3 Å². The van der Waals surface area contributed by atoms with Crippen molar-refractivity contribution in [1.82, 2.24) is 19.7 Å². The lowest BCUT2D eigenvalue weighted by Gasteiger charge is -2.37. The summed E-state index contributed by atoms with van der Waals surface area (Å²) in [4.78, 5) is 29.0. The number of amides is 1. The SMILES string of the molecule is CCCCn1c(S[C@@H](C)C(=O)N2CCN(c3ccccc3)CC2)n[nH]c1=O. The molecule has 0 spiro atoms. The molecule has 146 valence electrons. The molecule has 1 aliphatic rings. The summed E-state index contributed by atoms with van der Waals surface area (Å²) >= 11 is 1.36. The molecule has 2 heterocycles. The molecule has 8 heteroatoms. The van der Waals surface area contributed by atoms with Gasteiger partial charge >= 0.3 is 5.69 Å². The Morgan fingerprint density at radius 2 is 1.93 bits per heavy atom. The van der Waals surface area contributed by atoms with Crippen LogP contribution in [0.3, 0.4) is 0 Å². The third-order valence-electron chi connectivity index (χ3n) is 4.80. The van der Waals surface area contributed by atoms with Crippen molar-refractivity contribution in [3.8, 4) is 0 Å². The first-order valence-electron chi connectivity index (χ1n) is 9.50. The molecule has 0 bridgehead atoms. The van der Waals surface area contributed by atoms with Crippen molar-refractivity contribution >= 4 is 23.4 Å².